The highest BCUT2D eigenvalue weighted by Gasteiger charge is 2.17. The van der Waals surface area contributed by atoms with Crippen molar-refractivity contribution in [3.63, 3.8) is 0 Å². The second-order valence-corrected chi connectivity index (χ2v) is 4.28. The van der Waals surface area contributed by atoms with Crippen molar-refractivity contribution in [2.45, 2.75) is 58.0 Å². The van der Waals surface area contributed by atoms with Gasteiger partial charge < -0.3 is 9.47 Å². The monoisotopic (exact) mass is 280 g/mol. The van der Waals surface area contributed by atoms with Gasteiger partial charge in [-0.15, -0.1) is 0 Å². The molecule has 6 heteroatoms. The summed E-state index contributed by atoms with van der Waals surface area (Å²) in [6, 6.07) is 3.79. The molecule has 0 heterocycles. The highest BCUT2D eigenvalue weighted by Crippen LogP contribution is 2.11. The van der Waals surface area contributed by atoms with Crippen LogP contribution in [0.4, 0.5) is 0 Å². The van der Waals surface area contributed by atoms with Crippen molar-refractivity contribution in [3.8, 4) is 12.1 Å². The number of unbranched alkanes of at least 4 members (excludes halogenated alkanes) is 2. The molecule has 0 aliphatic heterocycles. The fourth-order valence-electron chi connectivity index (χ4n) is 1.53. The van der Waals surface area contributed by atoms with Crippen LogP contribution in [0.1, 0.15) is 51.9 Å². The smallest absolute Gasteiger partial charge is 0.317 e. The third-order valence-electron chi connectivity index (χ3n) is 2.51. The highest BCUT2D eigenvalue weighted by molar-refractivity contribution is 5.91. The van der Waals surface area contributed by atoms with Crippen LogP contribution in [-0.4, -0.2) is 24.6 Å². The van der Waals surface area contributed by atoms with Crippen molar-refractivity contribution in [1.82, 2.24) is 0 Å². The predicted molar refractivity (Wildman–Crippen MR) is 70.1 cm³/mol. The lowest BCUT2D eigenvalue weighted by atomic mass is 10.1. The highest BCUT2D eigenvalue weighted by atomic mass is 16.6. The number of hydrogen-bond donors (Lipinski definition) is 0. The Bertz CT molecular complexity index is 382. The van der Waals surface area contributed by atoms with E-state index in [1.54, 1.807) is 0 Å². The van der Waals surface area contributed by atoms with Gasteiger partial charge in [0.25, 0.3) is 0 Å². The number of nitriles is 2. The molecule has 0 fully saturated rings. The van der Waals surface area contributed by atoms with Crippen molar-refractivity contribution >= 4 is 11.9 Å². The third kappa shape index (κ3) is 9.90. The van der Waals surface area contributed by atoms with Crippen LogP contribution in [0.2, 0.25) is 0 Å². The molecule has 110 valence electrons. The summed E-state index contributed by atoms with van der Waals surface area (Å²) in [6.45, 7) is 2.03. The lowest BCUT2D eigenvalue weighted by Crippen LogP contribution is -2.21. The van der Waals surface area contributed by atoms with E-state index in [0.29, 0.717) is 6.42 Å². The van der Waals surface area contributed by atoms with Crippen LogP contribution in [0.25, 0.3) is 0 Å². The molecule has 0 rings (SSSR count). The number of nitrogens with zero attached hydrogens (tertiary/aromatic N) is 2. The molecule has 0 aromatic carbocycles. The van der Waals surface area contributed by atoms with Crippen LogP contribution in [0.5, 0.6) is 0 Å². The molecular weight excluding hydrogens is 260 g/mol. The molecule has 0 amide bonds. The van der Waals surface area contributed by atoms with E-state index < -0.39 is 24.5 Å². The van der Waals surface area contributed by atoms with Crippen LogP contribution >= 0.6 is 0 Å². The fourth-order valence-corrected chi connectivity index (χ4v) is 1.53. The molecule has 1 atom stereocenters. The summed E-state index contributed by atoms with van der Waals surface area (Å²) in [6.07, 6.45) is 2.81. The molecule has 0 aliphatic rings. The second-order valence-electron chi connectivity index (χ2n) is 4.28. The van der Waals surface area contributed by atoms with Gasteiger partial charge in [0.05, 0.1) is 25.0 Å². The molecule has 0 bridgehead atoms. The van der Waals surface area contributed by atoms with Gasteiger partial charge in [0.1, 0.15) is 19.1 Å². The SMILES string of the molecule is CCCCCC(CC#N)OC(=O)CC(=O)OCCC#N. The minimum Gasteiger partial charge on any atom is -0.464 e. The molecule has 0 aromatic heterocycles. The summed E-state index contributed by atoms with van der Waals surface area (Å²) in [5.41, 5.74) is 0. The van der Waals surface area contributed by atoms with E-state index in [9.17, 15) is 9.59 Å². The molecule has 1 unspecified atom stereocenters. The molecule has 0 spiro atoms. The fraction of sp³-hybridized carbons (Fsp3) is 0.714. The van der Waals surface area contributed by atoms with Gasteiger partial charge in [0.15, 0.2) is 0 Å². The largest absolute Gasteiger partial charge is 0.464 e. The average Bonchev–Trinajstić information content (AvgIpc) is 2.39. The van der Waals surface area contributed by atoms with E-state index in [-0.39, 0.29) is 19.4 Å². The summed E-state index contributed by atoms with van der Waals surface area (Å²) in [5, 5.41) is 16.9. The molecule has 0 saturated carbocycles. The Kier molecular flexibility index (Phi) is 10.7. The molecule has 0 aromatic rings. The van der Waals surface area contributed by atoms with E-state index >= 15 is 0 Å². The normalized spacial score (nSPS) is 10.9. The minimum atomic E-state index is -0.713. The Morgan fingerprint density at radius 2 is 1.90 bits per heavy atom. The number of hydrogen-bond acceptors (Lipinski definition) is 6. The maximum absolute atomic E-state index is 11.5. The van der Waals surface area contributed by atoms with Gasteiger partial charge >= 0.3 is 11.9 Å². The quantitative estimate of drug-likeness (QED) is 0.345. The molecule has 0 saturated heterocycles. The maximum atomic E-state index is 11.5. The lowest BCUT2D eigenvalue weighted by Gasteiger charge is -2.14. The van der Waals surface area contributed by atoms with E-state index in [0.717, 1.165) is 19.3 Å². The van der Waals surface area contributed by atoms with Crippen molar-refractivity contribution in [1.29, 1.82) is 10.5 Å². The number of ether oxygens (including phenoxy) is 2. The van der Waals surface area contributed by atoms with Crippen molar-refractivity contribution in [2.24, 2.45) is 0 Å². The summed E-state index contributed by atoms with van der Waals surface area (Å²) < 4.78 is 9.75. The van der Waals surface area contributed by atoms with Crippen LogP contribution in [-0.2, 0) is 19.1 Å². The Hall–Kier alpha value is -2.08. The molecule has 6 nitrogen and oxygen atoms in total. The van der Waals surface area contributed by atoms with Crippen molar-refractivity contribution in [3.05, 3.63) is 0 Å². The Labute approximate surface area is 119 Å². The summed E-state index contributed by atoms with van der Waals surface area (Å²) in [4.78, 5) is 22.7. The van der Waals surface area contributed by atoms with Crippen LogP contribution in [0.15, 0.2) is 0 Å². The van der Waals surface area contributed by atoms with E-state index in [1.165, 1.54) is 0 Å². The standard InChI is InChI=1S/C14H20N2O4/c1-2-3-4-6-12(7-9-16)20-14(18)11-13(17)19-10-5-8-15/h12H,2-7,10-11H2,1H3. The Morgan fingerprint density at radius 3 is 2.50 bits per heavy atom. The zero-order valence-corrected chi connectivity index (χ0v) is 11.8. The first-order valence-corrected chi connectivity index (χ1v) is 6.73. The van der Waals surface area contributed by atoms with Crippen molar-refractivity contribution < 1.29 is 19.1 Å². The van der Waals surface area contributed by atoms with Gasteiger partial charge in [-0.1, -0.05) is 19.8 Å². The molecular formula is C14H20N2O4. The molecule has 0 radical (unpaired) electrons. The van der Waals surface area contributed by atoms with E-state index in [4.69, 9.17) is 15.3 Å². The van der Waals surface area contributed by atoms with Gasteiger partial charge in [-0.2, -0.15) is 10.5 Å². The van der Waals surface area contributed by atoms with E-state index in [2.05, 4.69) is 11.7 Å². The average molecular weight is 280 g/mol. The van der Waals surface area contributed by atoms with Crippen LogP contribution < -0.4 is 0 Å². The maximum Gasteiger partial charge on any atom is 0.317 e. The molecule has 0 aliphatic carbocycles. The van der Waals surface area contributed by atoms with Gasteiger partial charge in [-0.25, -0.2) is 0 Å². The number of esters is 2. The van der Waals surface area contributed by atoms with Crippen LogP contribution in [0, 0.1) is 22.7 Å². The first-order chi connectivity index (χ1) is 9.63. The van der Waals surface area contributed by atoms with Gasteiger partial charge in [0.2, 0.25) is 0 Å². The first-order valence-electron chi connectivity index (χ1n) is 6.73. The molecule has 0 N–H and O–H groups in total. The zero-order chi connectivity index (χ0) is 15.2. The number of rotatable bonds is 10. The summed E-state index contributed by atoms with van der Waals surface area (Å²) in [5.74, 6) is -1.40. The Balaban J connectivity index is 4.02. The second kappa shape index (κ2) is 12.0. The van der Waals surface area contributed by atoms with Crippen LogP contribution in [0.3, 0.4) is 0 Å². The number of carbonyl (C=O) groups excluding carboxylic acids is 2. The van der Waals surface area contributed by atoms with Gasteiger partial charge in [-0.05, 0) is 12.8 Å². The summed E-state index contributed by atoms with van der Waals surface area (Å²) in [7, 11) is 0. The van der Waals surface area contributed by atoms with Crippen molar-refractivity contribution in [2.75, 3.05) is 6.61 Å². The Morgan fingerprint density at radius 1 is 1.15 bits per heavy atom. The molecule has 20 heavy (non-hydrogen) atoms. The number of carbonyl (C=O) groups is 2. The lowest BCUT2D eigenvalue weighted by molar-refractivity contribution is -0.157. The minimum absolute atomic E-state index is 0.0270. The zero-order valence-electron chi connectivity index (χ0n) is 11.8. The third-order valence-corrected chi connectivity index (χ3v) is 2.51. The van der Waals surface area contributed by atoms with Gasteiger partial charge in [0, 0.05) is 0 Å². The predicted octanol–water partition coefficient (Wildman–Crippen LogP) is 2.24. The summed E-state index contributed by atoms with van der Waals surface area (Å²) >= 11 is 0. The topological polar surface area (TPSA) is 100 Å². The van der Waals surface area contributed by atoms with Gasteiger partial charge in [-0.3, -0.25) is 9.59 Å². The van der Waals surface area contributed by atoms with E-state index in [1.807, 2.05) is 12.1 Å². The first kappa shape index (κ1) is 17.9.